The number of phosphoric ester groups is 1. The van der Waals surface area contributed by atoms with Crippen LogP contribution in [0.3, 0.4) is 0 Å². The van der Waals surface area contributed by atoms with E-state index in [1.165, 1.54) is 19.3 Å². The van der Waals surface area contributed by atoms with Gasteiger partial charge < -0.3 is 44.6 Å². The molecule has 372 valence electrons. The molecule has 6 N–H and O–H groups in total. The zero-order valence-electron chi connectivity index (χ0n) is 39.1. The first kappa shape index (κ1) is 58.6. The molecule has 66 heavy (non-hydrogen) atoms. The van der Waals surface area contributed by atoms with Crippen LogP contribution < -0.4 is 0 Å². The maximum Gasteiger partial charge on any atom is 0.472 e. The second-order valence-corrected chi connectivity index (χ2v) is 17.7. The number of esters is 2. The number of carbonyl (C=O) groups is 2. The van der Waals surface area contributed by atoms with E-state index in [0.29, 0.717) is 37.9 Å². The van der Waals surface area contributed by atoms with Gasteiger partial charge in [0.05, 0.1) is 18.8 Å². The molecule has 0 aromatic rings. The Morgan fingerprint density at radius 3 is 1.58 bits per heavy atom. The van der Waals surface area contributed by atoms with Crippen LogP contribution >= 0.6 is 7.82 Å². The second kappa shape index (κ2) is 36.5. The van der Waals surface area contributed by atoms with E-state index in [-0.39, 0.29) is 12.8 Å². The van der Waals surface area contributed by atoms with E-state index in [9.17, 15) is 44.6 Å². The Balaban J connectivity index is 1.76. The third kappa shape index (κ3) is 28.0. The molecule has 1 saturated carbocycles. The van der Waals surface area contributed by atoms with Gasteiger partial charge >= 0.3 is 19.8 Å². The first-order chi connectivity index (χ1) is 31.9. The highest BCUT2D eigenvalue weighted by Crippen LogP contribution is 2.47. The minimum absolute atomic E-state index is 0.0494. The number of phosphoric acid groups is 1. The van der Waals surface area contributed by atoms with Crippen molar-refractivity contribution in [2.45, 2.75) is 184 Å². The number of rotatable bonds is 36. The highest BCUT2D eigenvalue weighted by Gasteiger charge is 2.51. The van der Waals surface area contributed by atoms with Crippen molar-refractivity contribution in [3.05, 3.63) is 109 Å². The molecule has 0 radical (unpaired) electrons. The molecule has 1 aliphatic heterocycles. The van der Waals surface area contributed by atoms with Crippen molar-refractivity contribution in [2.24, 2.45) is 0 Å². The number of unbranched alkanes of at least 4 members (excludes halogenated alkanes) is 3. The van der Waals surface area contributed by atoms with E-state index < -0.39 is 75.7 Å². The molecule has 2 rings (SSSR count). The Bertz CT molecular complexity index is 1630. The summed E-state index contributed by atoms with van der Waals surface area (Å²) in [5.74, 6) is -1.28. The van der Waals surface area contributed by atoms with Crippen molar-refractivity contribution >= 4 is 19.8 Å². The monoisotopic (exact) mass is 947 g/mol. The van der Waals surface area contributed by atoms with Gasteiger partial charge in [0.1, 0.15) is 43.2 Å². The van der Waals surface area contributed by atoms with Crippen molar-refractivity contribution in [3.63, 3.8) is 0 Å². The molecule has 0 bridgehead atoms. The Morgan fingerprint density at radius 2 is 1.05 bits per heavy atom. The number of hydrogen-bond acceptors (Lipinski definition) is 13. The number of aliphatic hydroxyl groups is 5. The van der Waals surface area contributed by atoms with Gasteiger partial charge in [0, 0.05) is 12.8 Å². The summed E-state index contributed by atoms with van der Waals surface area (Å²) in [5.41, 5.74) is 0. The zero-order chi connectivity index (χ0) is 48.3. The van der Waals surface area contributed by atoms with Crippen molar-refractivity contribution in [2.75, 3.05) is 13.2 Å². The van der Waals surface area contributed by atoms with Gasteiger partial charge in [0.15, 0.2) is 6.10 Å². The Morgan fingerprint density at radius 1 is 0.561 bits per heavy atom. The fourth-order valence-corrected chi connectivity index (χ4v) is 7.61. The predicted octanol–water partition coefficient (Wildman–Crippen LogP) is 8.60. The zero-order valence-corrected chi connectivity index (χ0v) is 40.0. The lowest BCUT2D eigenvalue weighted by Gasteiger charge is -2.41. The van der Waals surface area contributed by atoms with Crippen molar-refractivity contribution in [3.8, 4) is 0 Å². The Hall–Kier alpha value is -3.53. The van der Waals surface area contributed by atoms with Crippen LogP contribution in [0, 0.1) is 0 Å². The number of allylic oxidation sites excluding steroid dienone is 17. The smallest absolute Gasteiger partial charge is 0.462 e. The normalized spacial score (nSPS) is 25.3. The van der Waals surface area contributed by atoms with Gasteiger partial charge in [-0.3, -0.25) is 18.6 Å². The summed E-state index contributed by atoms with van der Waals surface area (Å²) in [6.07, 6.45) is 39.0. The summed E-state index contributed by atoms with van der Waals surface area (Å²) >= 11 is 0. The Kier molecular flexibility index (Phi) is 32.4. The molecular formula is C51H79O14P. The van der Waals surface area contributed by atoms with Gasteiger partial charge in [-0.05, 0) is 83.5 Å². The standard InChI is InChI=1S/C51H79O14P/c1-3-5-7-8-9-10-11-12-13-14-15-16-17-18-19-24-27-30-34-38-45(53)63-41(40-62-66(59,60)65-51-49(57)47(55)46(54)48(56)50(51)58)39-61-44(52)37-33-29-26-23-21-20-22-25-28-32-36-43-42(64-43)35-31-6-4-2/h5,7,9-10,12-13,15-16,18-20,22-23,26-28,30,32,41-43,46-51,54-58H,3-4,6,8,11,14,17,21,24-25,29,31,33-40H2,1-2H3,(H,59,60)/b7-5-,10-9-,13-12-,16-15-,19-18-,22-20-,26-23-,30-27-,32-28-/t41-,42?,43?,46?,47-,48+,49-,50-,51?/m1/s1. The predicted molar refractivity (Wildman–Crippen MR) is 257 cm³/mol. The molecule has 15 heteroatoms. The van der Waals surface area contributed by atoms with E-state index in [2.05, 4.69) is 92.8 Å². The lowest BCUT2D eigenvalue weighted by molar-refractivity contribution is -0.220. The van der Waals surface area contributed by atoms with E-state index in [1.54, 1.807) is 0 Å². The fourth-order valence-electron chi connectivity index (χ4n) is 6.63. The molecule has 2 aliphatic rings. The molecule has 0 aromatic carbocycles. The van der Waals surface area contributed by atoms with Crippen LogP contribution in [0.4, 0.5) is 0 Å². The van der Waals surface area contributed by atoms with Gasteiger partial charge in [-0.1, -0.05) is 142 Å². The number of epoxide rings is 1. The number of hydrogen-bond donors (Lipinski definition) is 6. The first-order valence-electron chi connectivity index (χ1n) is 23.8. The quantitative estimate of drug-likeness (QED) is 0.0114. The topological polar surface area (TPSA) is 222 Å². The van der Waals surface area contributed by atoms with Crippen molar-refractivity contribution in [1.82, 2.24) is 0 Å². The average molecular weight is 947 g/mol. The van der Waals surface area contributed by atoms with E-state index in [1.807, 2.05) is 30.4 Å². The minimum atomic E-state index is -5.16. The highest BCUT2D eigenvalue weighted by atomic mass is 31.2. The molecule has 14 nitrogen and oxygen atoms in total. The van der Waals surface area contributed by atoms with Crippen LogP contribution in [-0.2, 0) is 37.4 Å². The molecule has 0 aromatic heterocycles. The van der Waals surface area contributed by atoms with Crippen molar-refractivity contribution in [1.29, 1.82) is 0 Å². The van der Waals surface area contributed by atoms with Crippen LogP contribution in [0.1, 0.15) is 129 Å². The molecule has 2 fully saturated rings. The molecule has 10 atom stereocenters. The number of ether oxygens (including phenoxy) is 3. The third-order valence-corrected chi connectivity index (χ3v) is 11.5. The van der Waals surface area contributed by atoms with Crippen LogP contribution in [0.5, 0.6) is 0 Å². The minimum Gasteiger partial charge on any atom is -0.462 e. The van der Waals surface area contributed by atoms with Crippen LogP contribution in [0.15, 0.2) is 109 Å². The average Bonchev–Trinajstić information content (AvgIpc) is 4.06. The summed E-state index contributed by atoms with van der Waals surface area (Å²) < 4.78 is 39.1. The summed E-state index contributed by atoms with van der Waals surface area (Å²) in [4.78, 5) is 35.7. The molecule has 1 saturated heterocycles. The van der Waals surface area contributed by atoms with Gasteiger partial charge in [-0.25, -0.2) is 4.57 Å². The molecule has 0 spiro atoms. The van der Waals surface area contributed by atoms with E-state index >= 15 is 0 Å². The van der Waals surface area contributed by atoms with Gasteiger partial charge in [0.2, 0.25) is 0 Å². The molecular weight excluding hydrogens is 868 g/mol. The van der Waals surface area contributed by atoms with Gasteiger partial charge in [0.25, 0.3) is 0 Å². The lowest BCUT2D eigenvalue weighted by Crippen LogP contribution is -2.64. The first-order valence-corrected chi connectivity index (χ1v) is 25.3. The fraction of sp³-hybridized carbons (Fsp3) is 0.608. The molecule has 5 unspecified atom stereocenters. The molecule has 1 aliphatic carbocycles. The summed E-state index contributed by atoms with van der Waals surface area (Å²) in [6.45, 7) is 3.02. The van der Waals surface area contributed by atoms with Crippen LogP contribution in [0.2, 0.25) is 0 Å². The third-order valence-electron chi connectivity index (χ3n) is 10.5. The Labute approximate surface area is 393 Å². The SMILES string of the molecule is CC/C=C\C/C=C\C/C=C\C/C=C\C/C=C\C/C=C\CCC(=O)O[C@H](COC(=O)CCC/C=C\C/C=C\C/C=C\CC1OC1CCCCC)COP(=O)(O)OC1[C@H](O)[C@H](O)C(O)[C@H](O)[C@H]1O. The second-order valence-electron chi connectivity index (χ2n) is 16.3. The summed E-state index contributed by atoms with van der Waals surface area (Å²) in [5, 5.41) is 50.2. The largest absolute Gasteiger partial charge is 0.472 e. The molecule has 1 heterocycles. The van der Waals surface area contributed by atoms with Crippen LogP contribution in [-0.4, -0.2) is 111 Å². The number of carbonyl (C=O) groups excluding carboxylic acids is 2. The molecule has 0 amide bonds. The summed E-state index contributed by atoms with van der Waals surface area (Å²) in [6, 6.07) is 0. The maximum atomic E-state index is 12.8. The van der Waals surface area contributed by atoms with Crippen LogP contribution in [0.25, 0.3) is 0 Å². The van der Waals surface area contributed by atoms with E-state index in [4.69, 9.17) is 23.3 Å². The van der Waals surface area contributed by atoms with E-state index in [0.717, 1.165) is 57.8 Å². The lowest BCUT2D eigenvalue weighted by atomic mass is 9.85. The maximum absolute atomic E-state index is 12.8. The van der Waals surface area contributed by atoms with Gasteiger partial charge in [-0.15, -0.1) is 0 Å². The van der Waals surface area contributed by atoms with Gasteiger partial charge in [-0.2, -0.15) is 0 Å². The number of aliphatic hydroxyl groups excluding tert-OH is 5. The highest BCUT2D eigenvalue weighted by molar-refractivity contribution is 7.47. The van der Waals surface area contributed by atoms with Crippen molar-refractivity contribution < 1.29 is 67.8 Å². The summed E-state index contributed by atoms with van der Waals surface area (Å²) in [7, 11) is -5.16.